The van der Waals surface area contributed by atoms with Crippen molar-refractivity contribution in [3.63, 3.8) is 0 Å². The van der Waals surface area contributed by atoms with Crippen LogP contribution in [0.5, 0.6) is 0 Å². The summed E-state index contributed by atoms with van der Waals surface area (Å²) in [6.45, 7) is 12.0. The number of imide groups is 1. The molecule has 172 valence electrons. The summed E-state index contributed by atoms with van der Waals surface area (Å²) in [6.07, 6.45) is -0.562. The normalized spacial score (nSPS) is 22.9. The lowest BCUT2D eigenvalue weighted by Crippen LogP contribution is -2.64. The van der Waals surface area contributed by atoms with Crippen LogP contribution in [0.1, 0.15) is 33.3 Å². The first kappa shape index (κ1) is 22.3. The number of hydrogen-bond donors (Lipinski definition) is 0. The van der Waals surface area contributed by atoms with Crippen molar-refractivity contribution < 1.29 is 14.0 Å². The van der Waals surface area contributed by atoms with Gasteiger partial charge in [0, 0.05) is 31.5 Å². The van der Waals surface area contributed by atoms with Gasteiger partial charge in [0.15, 0.2) is 12.2 Å². The molecule has 4 rings (SSSR count). The topological polar surface area (TPSA) is 62.7 Å². The van der Waals surface area contributed by atoms with Crippen LogP contribution < -0.4 is 0 Å². The summed E-state index contributed by atoms with van der Waals surface area (Å²) < 4.78 is 13.3. The van der Waals surface area contributed by atoms with Crippen molar-refractivity contribution in [1.82, 2.24) is 24.5 Å². The van der Waals surface area contributed by atoms with Crippen LogP contribution in [-0.2, 0) is 11.3 Å². The lowest BCUT2D eigenvalue weighted by Gasteiger charge is -2.40. The summed E-state index contributed by atoms with van der Waals surface area (Å²) in [5, 5.41) is 0. The molecule has 0 aromatic heterocycles. The number of benzene rings is 1. The quantitative estimate of drug-likeness (QED) is 0.649. The third-order valence-corrected chi connectivity index (χ3v) is 6.79. The van der Waals surface area contributed by atoms with Gasteiger partial charge in [0.25, 0.3) is 5.91 Å². The zero-order chi connectivity index (χ0) is 23.2. The maximum Gasteiger partial charge on any atom is 0.328 e. The number of allylic oxidation sites excluding steroid dienone is 2. The molecule has 3 aliphatic heterocycles. The van der Waals surface area contributed by atoms with E-state index in [1.54, 1.807) is 19.2 Å². The van der Waals surface area contributed by atoms with E-state index in [1.807, 2.05) is 18.7 Å². The zero-order valence-electron chi connectivity index (χ0n) is 19.4. The first-order valence-electron chi connectivity index (χ1n) is 11.2. The van der Waals surface area contributed by atoms with Gasteiger partial charge in [-0.25, -0.2) is 14.2 Å². The summed E-state index contributed by atoms with van der Waals surface area (Å²) in [5.74, 6) is 0.104. The Kier molecular flexibility index (Phi) is 5.94. The highest BCUT2D eigenvalue weighted by Gasteiger charge is 2.55. The summed E-state index contributed by atoms with van der Waals surface area (Å²) in [5.41, 5.74) is 2.75. The number of amides is 3. The molecule has 0 saturated carbocycles. The molecule has 2 atom stereocenters. The largest absolute Gasteiger partial charge is 0.328 e. The minimum atomic E-state index is -0.596. The Hall–Kier alpha value is -2.94. The molecule has 2 unspecified atom stereocenters. The zero-order valence-corrected chi connectivity index (χ0v) is 19.4. The maximum absolute atomic E-state index is 13.5. The van der Waals surface area contributed by atoms with E-state index in [2.05, 4.69) is 23.6 Å². The molecule has 1 aromatic carbocycles. The number of hydrogen-bond acceptors (Lipinski definition) is 6. The molecule has 0 bridgehead atoms. The standard InChI is InChI=1S/C23H31FN6O2/c1-6-27(7-2)12-13-28-15(3)16(4)30-19-20(25-22(28)30)26(5)23(32)29(21(19)31)14-17-8-10-18(24)11-9-17/h8-11,19-20H,6-7,12-14H2,1-5H3. The van der Waals surface area contributed by atoms with Crippen molar-refractivity contribution in [2.45, 2.75) is 46.4 Å². The molecule has 0 spiro atoms. The fourth-order valence-corrected chi connectivity index (χ4v) is 4.65. The van der Waals surface area contributed by atoms with Crippen LogP contribution in [-0.4, -0.2) is 87.8 Å². The van der Waals surface area contributed by atoms with Crippen molar-refractivity contribution in [2.75, 3.05) is 33.2 Å². The van der Waals surface area contributed by atoms with Crippen molar-refractivity contribution >= 4 is 17.9 Å². The molecule has 8 nitrogen and oxygen atoms in total. The van der Waals surface area contributed by atoms with Crippen LogP contribution in [0.25, 0.3) is 0 Å². The number of aliphatic imine (C=N–C) groups is 1. The van der Waals surface area contributed by atoms with E-state index in [9.17, 15) is 14.0 Å². The molecule has 1 saturated heterocycles. The minimum absolute atomic E-state index is 0.0993. The Balaban J connectivity index is 1.59. The number of fused-ring (bicyclic) bond motifs is 3. The lowest BCUT2D eigenvalue weighted by molar-refractivity contribution is -0.137. The van der Waals surface area contributed by atoms with Crippen LogP contribution in [0.3, 0.4) is 0 Å². The molecule has 9 heteroatoms. The number of rotatable bonds is 7. The van der Waals surface area contributed by atoms with Crippen molar-refractivity contribution in [3.05, 3.63) is 47.0 Å². The average Bonchev–Trinajstić information content (AvgIpc) is 3.28. The fraction of sp³-hybridized carbons (Fsp3) is 0.522. The summed E-state index contributed by atoms with van der Waals surface area (Å²) >= 11 is 0. The summed E-state index contributed by atoms with van der Waals surface area (Å²) in [6, 6.07) is 4.88. The second-order valence-electron chi connectivity index (χ2n) is 8.45. The van der Waals surface area contributed by atoms with E-state index in [4.69, 9.17) is 4.99 Å². The second-order valence-corrected chi connectivity index (χ2v) is 8.45. The van der Waals surface area contributed by atoms with Gasteiger partial charge in [-0.05, 0) is 44.6 Å². The van der Waals surface area contributed by atoms with E-state index < -0.39 is 12.2 Å². The van der Waals surface area contributed by atoms with Gasteiger partial charge in [-0.3, -0.25) is 14.6 Å². The van der Waals surface area contributed by atoms with Gasteiger partial charge in [0.1, 0.15) is 5.82 Å². The predicted molar refractivity (Wildman–Crippen MR) is 120 cm³/mol. The number of halogens is 1. The number of urea groups is 1. The van der Waals surface area contributed by atoms with Crippen LogP contribution >= 0.6 is 0 Å². The first-order valence-corrected chi connectivity index (χ1v) is 11.2. The van der Waals surface area contributed by atoms with Crippen LogP contribution in [0, 0.1) is 5.82 Å². The molecular weight excluding hydrogens is 411 g/mol. The number of carbonyl (C=O) groups is 2. The van der Waals surface area contributed by atoms with Crippen molar-refractivity contribution in [1.29, 1.82) is 0 Å². The van der Waals surface area contributed by atoms with Gasteiger partial charge in [-0.1, -0.05) is 26.0 Å². The molecule has 1 fully saturated rings. The van der Waals surface area contributed by atoms with Gasteiger partial charge in [-0.2, -0.15) is 0 Å². The third-order valence-electron chi connectivity index (χ3n) is 6.79. The van der Waals surface area contributed by atoms with E-state index in [1.165, 1.54) is 21.9 Å². The van der Waals surface area contributed by atoms with Crippen LogP contribution in [0.2, 0.25) is 0 Å². The molecule has 3 heterocycles. The molecule has 3 aliphatic rings. The van der Waals surface area contributed by atoms with E-state index in [0.717, 1.165) is 43.5 Å². The van der Waals surface area contributed by atoms with Gasteiger partial charge in [0.05, 0.1) is 6.54 Å². The number of likely N-dealkylation sites (N-methyl/N-ethyl adjacent to an activating group) is 2. The monoisotopic (exact) mass is 442 g/mol. The van der Waals surface area contributed by atoms with Crippen LogP contribution in [0.4, 0.5) is 9.18 Å². The SMILES string of the molecule is CCN(CC)CCN1C2=NC3C(C(=O)N(Cc4ccc(F)cc4)C(=O)N3C)N2C(C)=C1C. The predicted octanol–water partition coefficient (Wildman–Crippen LogP) is 2.49. The molecule has 0 aliphatic carbocycles. The highest BCUT2D eigenvalue weighted by atomic mass is 19.1. The van der Waals surface area contributed by atoms with E-state index in [-0.39, 0.29) is 24.3 Å². The first-order chi connectivity index (χ1) is 15.3. The van der Waals surface area contributed by atoms with Gasteiger partial charge >= 0.3 is 6.03 Å². The van der Waals surface area contributed by atoms with Crippen molar-refractivity contribution in [2.24, 2.45) is 4.99 Å². The average molecular weight is 443 g/mol. The molecule has 1 aromatic rings. The highest BCUT2D eigenvalue weighted by Crippen LogP contribution is 2.37. The lowest BCUT2D eigenvalue weighted by atomic mass is 10.1. The third kappa shape index (κ3) is 3.54. The minimum Gasteiger partial charge on any atom is -0.313 e. The summed E-state index contributed by atoms with van der Waals surface area (Å²) in [7, 11) is 1.68. The van der Waals surface area contributed by atoms with Gasteiger partial charge < -0.3 is 14.7 Å². The molecule has 0 radical (unpaired) electrons. The Bertz CT molecular complexity index is 971. The Morgan fingerprint density at radius 1 is 1.03 bits per heavy atom. The Labute approximate surface area is 188 Å². The molecular formula is C23H31FN6O2. The van der Waals surface area contributed by atoms with Gasteiger partial charge in [0.2, 0.25) is 5.96 Å². The smallest absolute Gasteiger partial charge is 0.313 e. The Morgan fingerprint density at radius 2 is 1.69 bits per heavy atom. The van der Waals surface area contributed by atoms with E-state index >= 15 is 0 Å². The fourth-order valence-electron chi connectivity index (χ4n) is 4.65. The number of nitrogens with zero attached hydrogens (tertiary/aromatic N) is 6. The van der Waals surface area contributed by atoms with Crippen LogP contribution in [0.15, 0.2) is 40.7 Å². The summed E-state index contributed by atoms with van der Waals surface area (Å²) in [4.78, 5) is 40.7. The maximum atomic E-state index is 13.5. The molecule has 32 heavy (non-hydrogen) atoms. The molecule has 3 amide bonds. The van der Waals surface area contributed by atoms with Gasteiger partial charge in [-0.15, -0.1) is 0 Å². The van der Waals surface area contributed by atoms with E-state index in [0.29, 0.717) is 5.56 Å². The van der Waals surface area contributed by atoms with Crippen molar-refractivity contribution in [3.8, 4) is 0 Å². The number of guanidine groups is 1. The number of carbonyl (C=O) groups excluding carboxylic acids is 2. The highest BCUT2D eigenvalue weighted by molar-refractivity contribution is 6.05. The second kappa shape index (κ2) is 8.54. The Morgan fingerprint density at radius 3 is 2.31 bits per heavy atom. The molecule has 0 N–H and O–H groups in total.